The van der Waals surface area contributed by atoms with Crippen molar-refractivity contribution in [2.45, 2.75) is 241 Å². The van der Waals surface area contributed by atoms with Gasteiger partial charge in [-0.15, -0.1) is 0 Å². The molecule has 6 rings (SSSR count). The Morgan fingerprint density at radius 1 is 0.295 bits per heavy atom. The number of Topliss-reactive ketones (excluding diaryl/α,β-unsaturated/α-hetero) is 1. The maximum absolute atomic E-state index is 11.9. The molecule has 0 aliphatic heterocycles. The zero-order valence-electron chi connectivity index (χ0n) is 82.0. The number of nitrogens with zero attached hydrogens (tertiary/aromatic N) is 9. The molecule has 0 aromatic heterocycles. The molecule has 0 spiro atoms. The average Bonchev–Trinajstić information content (AvgIpc) is 0.868. The smallest absolute Gasteiger partial charge is 0.251 e. The zero-order chi connectivity index (χ0) is 97.4. The van der Waals surface area contributed by atoms with Gasteiger partial charge in [0.2, 0.25) is 5.91 Å². The van der Waals surface area contributed by atoms with Gasteiger partial charge in [-0.05, 0) is 190 Å². The number of rotatable bonds is 43. The van der Waals surface area contributed by atoms with Crippen molar-refractivity contribution in [2.75, 3.05) is 111 Å². The summed E-state index contributed by atoms with van der Waals surface area (Å²) in [7, 11) is 0. The molecule has 0 fully saturated rings. The van der Waals surface area contributed by atoms with Crippen LogP contribution >= 0.6 is 0 Å². The van der Waals surface area contributed by atoms with Crippen LogP contribution in [0.25, 0.3) is 0 Å². The van der Waals surface area contributed by atoms with Crippen molar-refractivity contribution in [3.63, 3.8) is 0 Å². The van der Waals surface area contributed by atoms with Crippen molar-refractivity contribution in [1.82, 2.24) is 30.7 Å². The second kappa shape index (κ2) is 61.7. The van der Waals surface area contributed by atoms with E-state index in [9.17, 15) is 14.4 Å². The van der Waals surface area contributed by atoms with Gasteiger partial charge in [0.25, 0.3) is 5.91 Å². The lowest BCUT2D eigenvalue weighted by atomic mass is 9.86. The Morgan fingerprint density at radius 2 is 0.543 bits per heavy atom. The van der Waals surface area contributed by atoms with Crippen molar-refractivity contribution in [3.05, 3.63) is 212 Å². The molecule has 0 radical (unpaired) electrons. The first-order valence-electron chi connectivity index (χ1n) is 45.3. The Balaban J connectivity index is 0.000000776. The summed E-state index contributed by atoms with van der Waals surface area (Å²) < 4.78 is 0. The van der Waals surface area contributed by atoms with Gasteiger partial charge < -0.3 is 102 Å². The number of nitrogens with one attached hydrogen (secondary N) is 3. The molecule has 6 aromatic carbocycles. The van der Waals surface area contributed by atoms with Crippen LogP contribution in [0.15, 0.2) is 176 Å². The molecule has 30 heteroatoms. The minimum absolute atomic E-state index is 0.00979. The summed E-state index contributed by atoms with van der Waals surface area (Å²) in [5.74, 6) is 0.302. The van der Waals surface area contributed by atoms with Gasteiger partial charge in [-0.3, -0.25) is 54.0 Å². The van der Waals surface area contributed by atoms with Crippen LogP contribution in [0.1, 0.15) is 248 Å². The van der Waals surface area contributed by atoms with E-state index in [-0.39, 0.29) is 105 Å². The number of carbonyl (C=O) groups excluding carboxylic acids is 3. The summed E-state index contributed by atoms with van der Waals surface area (Å²) in [5, 5.41) is 8.77. The Kier molecular flexibility index (Phi) is 55.6. The number of hydrogen-bond donors (Lipinski definition) is 18. The molecular weight excluding hydrogens is 1620 g/mol. The fourth-order valence-corrected chi connectivity index (χ4v) is 12.5. The molecule has 0 heterocycles. The summed E-state index contributed by atoms with van der Waals surface area (Å²) in [5.41, 5.74) is 96.0. The first kappa shape index (κ1) is 116. The van der Waals surface area contributed by atoms with Crippen molar-refractivity contribution >= 4 is 53.4 Å². The molecule has 0 aliphatic rings. The molecule has 720 valence electrons. The largest absolute Gasteiger partial charge is 0.370 e. The van der Waals surface area contributed by atoms with Crippen LogP contribution in [0.4, 0.5) is 0 Å². The number of amides is 2. The predicted octanol–water partition coefficient (Wildman–Crippen LogP) is 8.95. The summed E-state index contributed by atoms with van der Waals surface area (Å²) in [6.45, 7) is 55.3. The quantitative estimate of drug-likeness (QED) is 0.00964. The molecule has 6 aromatic rings. The number of guanidine groups is 6. The van der Waals surface area contributed by atoms with E-state index in [1.807, 2.05) is 36.4 Å². The van der Waals surface area contributed by atoms with Crippen LogP contribution < -0.4 is 102 Å². The molecule has 2 amide bonds. The summed E-state index contributed by atoms with van der Waals surface area (Å²) in [6.07, 6.45) is 6.85. The second-order valence-corrected chi connectivity index (χ2v) is 38.4. The summed E-state index contributed by atoms with van der Waals surface area (Å²) >= 11 is 0. The van der Waals surface area contributed by atoms with Gasteiger partial charge in [-0.2, -0.15) is 0 Å². The van der Waals surface area contributed by atoms with E-state index in [1.165, 1.54) is 50.1 Å². The molecule has 33 N–H and O–H groups in total. The van der Waals surface area contributed by atoms with Crippen molar-refractivity contribution in [1.29, 1.82) is 0 Å². The molecule has 0 saturated carbocycles. The van der Waals surface area contributed by atoms with E-state index in [2.05, 4.69) is 294 Å². The summed E-state index contributed by atoms with van der Waals surface area (Å²) in [6, 6.07) is 51.1. The lowest BCUT2D eigenvalue weighted by Crippen LogP contribution is -2.28. The molecule has 0 unspecified atom stereocenters. The minimum Gasteiger partial charge on any atom is -0.370 e. The van der Waals surface area contributed by atoms with Crippen molar-refractivity contribution < 1.29 is 14.4 Å². The lowest BCUT2D eigenvalue weighted by molar-refractivity contribution is -0.121. The van der Waals surface area contributed by atoms with E-state index >= 15 is 0 Å². The number of carbonyl (C=O) groups is 3. The first-order valence-corrected chi connectivity index (χ1v) is 45.3. The van der Waals surface area contributed by atoms with E-state index < -0.39 is 0 Å². The molecule has 129 heavy (non-hydrogen) atoms. The third kappa shape index (κ3) is 57.7. The van der Waals surface area contributed by atoms with Gasteiger partial charge in [-0.25, -0.2) is 4.99 Å². The lowest BCUT2D eigenvalue weighted by Gasteiger charge is -2.23. The first-order chi connectivity index (χ1) is 60.4. The highest BCUT2D eigenvalue weighted by atomic mass is 16.2. The van der Waals surface area contributed by atoms with Gasteiger partial charge in [0.05, 0.1) is 13.1 Å². The number of nitrogens with two attached hydrogens (primary N) is 15. The number of ketones is 1. The molecule has 0 bridgehead atoms. The fourth-order valence-electron chi connectivity index (χ4n) is 12.5. The summed E-state index contributed by atoms with van der Waals surface area (Å²) in [4.78, 5) is 65.6. The van der Waals surface area contributed by atoms with Crippen LogP contribution in [0, 0.1) is 0 Å². The Hall–Kier alpha value is -10.7. The molecular formula is C99H171N27O3. The minimum atomic E-state index is -0.0739. The highest BCUT2D eigenvalue weighted by molar-refractivity contribution is 5.94. The third-order valence-corrected chi connectivity index (χ3v) is 20.3. The molecule has 0 saturated heterocycles. The second-order valence-electron chi connectivity index (χ2n) is 38.4. The number of hydrogen-bond acceptors (Lipinski definition) is 16. The van der Waals surface area contributed by atoms with Crippen molar-refractivity contribution in [3.8, 4) is 0 Å². The van der Waals surface area contributed by atoms with Gasteiger partial charge >= 0.3 is 0 Å². The normalized spacial score (nSPS) is 11.4. The fraction of sp³-hybridized carbons (Fsp3) is 0.545. The molecule has 0 atom stereocenters. The maximum atomic E-state index is 11.9. The Morgan fingerprint density at radius 3 is 0.814 bits per heavy atom. The van der Waals surface area contributed by atoms with Crippen LogP contribution in [-0.4, -0.2) is 179 Å². The van der Waals surface area contributed by atoms with Gasteiger partial charge in [-0.1, -0.05) is 258 Å². The van der Waals surface area contributed by atoms with Crippen molar-refractivity contribution in [2.24, 2.45) is 116 Å². The monoisotopic (exact) mass is 1790 g/mol. The Labute approximate surface area is 775 Å². The standard InChI is InChI=1S/C19H35N7.C18H33N5.C17H31N3.3C15H24N4O/c1-19(2,3)16-8-6-15(7-9-16)14-26(12-4-10-24-17(20)21)13-5-11-25-18(22)23;1-18(2,3)16-8-6-15(7-9-16)14-23(12-4-10-19)13-5-11-22-17(20)21;1-17(2,3)16-8-6-15(7-9-16)14-20(12-4-10-18)13-5-11-19;1-15(2,3)12-7-5-11(6-8-12)13(20)18-9-4-10-19-14(16)17;1-15(2,3)12-6-4-11(5-7-12)8-18-9-13(20)10-19-14(16)17;1-15(2,3)12-6-4-11(5-7-12)10-19-13(20)8-9-18-14(16)17/h6-9H,4-5,10-14H2,1-3H3,(H4,20,21,24)(H4,22,23,25);6-9H,4-5,10-14,19H2,1-3H3,(H4,20,21,22);6-9H,4-5,10-14,18-19H2,1-3H3;5-8H,4,9-10H2,1-3H3,(H,18,20)(H4,16,17,19);4-7,18H,8-10H2,1-3H3,(H4,16,17,19);4-7H,8-10H2,1-3H3,(H,19,20)(H4,16,17,18). The van der Waals surface area contributed by atoms with E-state index in [1.54, 1.807) is 0 Å². The van der Waals surface area contributed by atoms with E-state index in [0.29, 0.717) is 70.9 Å². The highest BCUT2D eigenvalue weighted by Gasteiger charge is 2.20. The van der Waals surface area contributed by atoms with Crippen LogP contribution in [0.3, 0.4) is 0 Å². The van der Waals surface area contributed by atoms with Gasteiger partial charge in [0.1, 0.15) is 6.54 Å². The highest BCUT2D eigenvalue weighted by Crippen LogP contribution is 2.28. The van der Waals surface area contributed by atoms with Gasteiger partial charge in [0, 0.05) is 97.1 Å². The van der Waals surface area contributed by atoms with Crippen LogP contribution in [0.2, 0.25) is 0 Å². The topological polar surface area (TPSA) is 561 Å². The van der Waals surface area contributed by atoms with E-state index in [0.717, 1.165) is 122 Å². The number of aliphatic imine (C=N–C) groups is 6. The van der Waals surface area contributed by atoms with E-state index in [4.69, 9.17) is 86.0 Å². The maximum Gasteiger partial charge on any atom is 0.251 e. The molecule has 30 nitrogen and oxygen atoms in total. The Bertz CT molecular complexity index is 4200. The van der Waals surface area contributed by atoms with Gasteiger partial charge in [0.15, 0.2) is 41.5 Å². The average molecular weight is 1790 g/mol. The van der Waals surface area contributed by atoms with Crippen LogP contribution in [-0.2, 0) is 74.8 Å². The predicted molar refractivity (Wildman–Crippen MR) is 546 cm³/mol. The number of benzene rings is 6. The zero-order valence-corrected chi connectivity index (χ0v) is 82.0. The molecule has 0 aliphatic carbocycles. The van der Waals surface area contributed by atoms with Crippen LogP contribution in [0.5, 0.6) is 0 Å². The third-order valence-electron chi connectivity index (χ3n) is 20.3. The SMILES string of the molecule is CC(C)(C)c1ccc(C(=O)NCCCN=C(N)N)cc1.CC(C)(C)c1ccc(CN(CCCN)CCCN)cc1.CC(C)(C)c1ccc(CN(CCCN)CCCN=C(N)N)cc1.CC(C)(C)c1ccc(CN(CCCN=C(N)N)CCCN=C(N)N)cc1.CC(C)(C)c1ccc(CNC(=O)CCN=C(N)N)cc1.CC(C)(C)c1ccc(CNCC(=O)CN=C(N)N)cc1.